The predicted molar refractivity (Wildman–Crippen MR) is 56.4 cm³/mol. The number of halogens is 3. The molecule has 0 spiro atoms. The largest absolute Gasteiger partial charge is 0.389 e. The smallest absolute Gasteiger partial charge is 0.325 e. The van der Waals surface area contributed by atoms with E-state index in [1.54, 1.807) is 0 Å². The number of carbonyl (C=O) groups is 1. The van der Waals surface area contributed by atoms with E-state index >= 15 is 0 Å². The van der Waals surface area contributed by atoms with Crippen LogP contribution in [0.5, 0.6) is 0 Å². The highest BCUT2D eigenvalue weighted by molar-refractivity contribution is 5.96. The summed E-state index contributed by atoms with van der Waals surface area (Å²) in [5, 5.41) is 0. The van der Waals surface area contributed by atoms with Crippen LogP contribution in [0.2, 0.25) is 0 Å². The fourth-order valence-corrected chi connectivity index (χ4v) is 1.36. The lowest BCUT2D eigenvalue weighted by Crippen LogP contribution is -2.09. The van der Waals surface area contributed by atoms with Crippen LogP contribution in [-0.4, -0.2) is 16.9 Å². The summed E-state index contributed by atoms with van der Waals surface area (Å²) in [5.41, 5.74) is 6.26. The third-order valence-corrected chi connectivity index (χ3v) is 2.21. The Morgan fingerprint density at radius 3 is 2.71 bits per heavy atom. The fourth-order valence-electron chi connectivity index (χ4n) is 1.36. The molecule has 0 aliphatic heterocycles. The Morgan fingerprint density at radius 1 is 1.41 bits per heavy atom. The molecule has 0 saturated heterocycles. The molecule has 0 aliphatic rings. The highest BCUT2D eigenvalue weighted by atomic mass is 19.4. The van der Waals surface area contributed by atoms with Gasteiger partial charge in [-0.1, -0.05) is 0 Å². The second kappa shape index (κ2) is 5.77. The molecule has 2 N–H and O–H groups in total. The molecular weight excluding hydrogens is 233 g/mol. The highest BCUT2D eigenvalue weighted by Gasteiger charge is 2.26. The quantitative estimate of drug-likeness (QED) is 0.812. The lowest BCUT2D eigenvalue weighted by Gasteiger charge is -2.05. The van der Waals surface area contributed by atoms with Crippen molar-refractivity contribution >= 4 is 5.78 Å². The third-order valence-electron chi connectivity index (χ3n) is 2.21. The second-order valence-corrected chi connectivity index (χ2v) is 3.63. The average molecular weight is 246 g/mol. The van der Waals surface area contributed by atoms with Crippen LogP contribution in [0.15, 0.2) is 18.3 Å². The molecule has 0 fully saturated rings. The van der Waals surface area contributed by atoms with Crippen LogP contribution in [0, 0.1) is 0 Å². The third kappa shape index (κ3) is 4.95. The van der Waals surface area contributed by atoms with Crippen molar-refractivity contribution in [2.75, 3.05) is 0 Å². The summed E-state index contributed by atoms with van der Waals surface area (Å²) in [7, 11) is 0. The summed E-state index contributed by atoms with van der Waals surface area (Å²) in [5.74, 6) is -0.314. The van der Waals surface area contributed by atoms with Crippen molar-refractivity contribution in [2.45, 2.75) is 32.0 Å². The van der Waals surface area contributed by atoms with Crippen molar-refractivity contribution in [2.24, 2.45) is 5.73 Å². The predicted octanol–water partition coefficient (Wildman–Crippen LogP) is 2.46. The first-order valence-electron chi connectivity index (χ1n) is 5.17. The van der Waals surface area contributed by atoms with Gasteiger partial charge >= 0.3 is 6.18 Å². The van der Waals surface area contributed by atoms with Crippen LogP contribution in [0.1, 0.15) is 35.3 Å². The summed E-state index contributed by atoms with van der Waals surface area (Å²) in [6.45, 7) is 0.198. The normalized spacial score (nSPS) is 11.5. The van der Waals surface area contributed by atoms with Crippen LogP contribution in [0.25, 0.3) is 0 Å². The van der Waals surface area contributed by atoms with Gasteiger partial charge in [0.1, 0.15) is 0 Å². The molecule has 0 unspecified atom stereocenters. The number of hydrogen-bond acceptors (Lipinski definition) is 3. The maximum absolute atomic E-state index is 11.9. The number of nitrogens with zero attached hydrogens (tertiary/aromatic N) is 1. The van der Waals surface area contributed by atoms with Crippen molar-refractivity contribution < 1.29 is 18.0 Å². The molecule has 0 aliphatic carbocycles. The van der Waals surface area contributed by atoms with Gasteiger partial charge in [0.05, 0.1) is 5.69 Å². The van der Waals surface area contributed by atoms with E-state index in [2.05, 4.69) is 4.98 Å². The number of rotatable bonds is 5. The molecule has 1 rings (SSSR count). The van der Waals surface area contributed by atoms with Gasteiger partial charge in [0.25, 0.3) is 0 Å². The molecule has 0 aromatic carbocycles. The Hall–Kier alpha value is -1.43. The minimum Gasteiger partial charge on any atom is -0.325 e. The molecule has 17 heavy (non-hydrogen) atoms. The number of aromatic nitrogens is 1. The Morgan fingerprint density at radius 2 is 2.12 bits per heavy atom. The summed E-state index contributed by atoms with van der Waals surface area (Å²) in [4.78, 5) is 15.5. The first kappa shape index (κ1) is 13.6. The average Bonchev–Trinajstić information content (AvgIpc) is 2.27. The Balaban J connectivity index is 2.52. The molecule has 1 aromatic heterocycles. The van der Waals surface area contributed by atoms with Gasteiger partial charge in [-0.05, 0) is 18.6 Å². The van der Waals surface area contributed by atoms with Gasteiger partial charge < -0.3 is 5.73 Å². The van der Waals surface area contributed by atoms with Crippen molar-refractivity contribution in [3.63, 3.8) is 0 Å². The number of ketones is 1. The van der Waals surface area contributed by atoms with Gasteiger partial charge in [-0.2, -0.15) is 13.2 Å². The Bertz CT molecular complexity index is 391. The van der Waals surface area contributed by atoms with Crippen molar-refractivity contribution in [1.29, 1.82) is 0 Å². The minimum absolute atomic E-state index is 0.118. The SMILES string of the molecule is NCc1cc(C(=O)CCCC(F)(F)F)ccn1. The van der Waals surface area contributed by atoms with Crippen LogP contribution in [0.4, 0.5) is 13.2 Å². The minimum atomic E-state index is -4.21. The summed E-state index contributed by atoms with van der Waals surface area (Å²) in [6.07, 6.45) is -4.02. The van der Waals surface area contributed by atoms with E-state index in [0.717, 1.165) is 0 Å². The van der Waals surface area contributed by atoms with Crippen LogP contribution < -0.4 is 5.73 Å². The summed E-state index contributed by atoms with van der Waals surface area (Å²) in [6, 6.07) is 2.99. The van der Waals surface area contributed by atoms with Crippen molar-refractivity contribution in [3.05, 3.63) is 29.6 Å². The van der Waals surface area contributed by atoms with Crippen LogP contribution in [0.3, 0.4) is 0 Å². The van der Waals surface area contributed by atoms with Gasteiger partial charge in [0.15, 0.2) is 5.78 Å². The molecule has 0 atom stereocenters. The number of nitrogens with two attached hydrogens (primary N) is 1. The molecule has 3 nitrogen and oxygen atoms in total. The first-order valence-corrected chi connectivity index (χ1v) is 5.17. The monoisotopic (exact) mass is 246 g/mol. The molecule has 1 heterocycles. The molecular formula is C11H13F3N2O. The van der Waals surface area contributed by atoms with Gasteiger partial charge in [0.2, 0.25) is 0 Å². The number of pyridine rings is 1. The van der Waals surface area contributed by atoms with E-state index < -0.39 is 12.6 Å². The Labute approximate surface area is 96.8 Å². The van der Waals surface area contributed by atoms with E-state index in [9.17, 15) is 18.0 Å². The van der Waals surface area contributed by atoms with Crippen molar-refractivity contribution in [1.82, 2.24) is 4.98 Å². The van der Waals surface area contributed by atoms with Crippen LogP contribution >= 0.6 is 0 Å². The van der Waals surface area contributed by atoms with E-state index in [1.807, 2.05) is 0 Å². The number of hydrogen-bond donors (Lipinski definition) is 1. The standard InChI is InChI=1S/C11H13F3N2O/c12-11(13,14)4-1-2-10(17)8-3-5-16-9(6-8)7-15/h3,5-6H,1-2,4,7,15H2. The molecule has 0 amide bonds. The van der Waals surface area contributed by atoms with Gasteiger partial charge in [0, 0.05) is 31.1 Å². The molecule has 0 radical (unpaired) electrons. The number of alkyl halides is 3. The topological polar surface area (TPSA) is 56.0 Å². The van der Waals surface area contributed by atoms with E-state index in [4.69, 9.17) is 5.73 Å². The van der Waals surface area contributed by atoms with Gasteiger partial charge in [-0.15, -0.1) is 0 Å². The first-order chi connectivity index (χ1) is 7.92. The number of Topliss-reactive ketones (excluding diaryl/α,β-unsaturated/α-hetero) is 1. The molecule has 94 valence electrons. The van der Waals surface area contributed by atoms with Gasteiger partial charge in [-0.3, -0.25) is 9.78 Å². The summed E-state index contributed by atoms with van der Waals surface area (Å²) < 4.78 is 35.7. The zero-order valence-electron chi connectivity index (χ0n) is 9.13. The molecule has 1 aromatic rings. The summed E-state index contributed by atoms with van der Waals surface area (Å²) >= 11 is 0. The van der Waals surface area contributed by atoms with Crippen molar-refractivity contribution in [3.8, 4) is 0 Å². The fraction of sp³-hybridized carbons (Fsp3) is 0.455. The molecule has 0 bridgehead atoms. The lowest BCUT2D eigenvalue weighted by atomic mass is 10.1. The van der Waals surface area contributed by atoms with E-state index in [1.165, 1.54) is 18.3 Å². The maximum Gasteiger partial charge on any atom is 0.389 e. The van der Waals surface area contributed by atoms with E-state index in [0.29, 0.717) is 11.3 Å². The highest BCUT2D eigenvalue weighted by Crippen LogP contribution is 2.22. The number of carbonyl (C=O) groups excluding carboxylic acids is 1. The zero-order chi connectivity index (χ0) is 12.9. The van der Waals surface area contributed by atoms with Crippen LogP contribution in [-0.2, 0) is 6.54 Å². The lowest BCUT2D eigenvalue weighted by molar-refractivity contribution is -0.135. The Kier molecular flexibility index (Phi) is 4.62. The van der Waals surface area contributed by atoms with E-state index in [-0.39, 0.29) is 25.2 Å². The van der Waals surface area contributed by atoms with Gasteiger partial charge in [-0.25, -0.2) is 0 Å². The zero-order valence-corrected chi connectivity index (χ0v) is 9.13. The molecule has 6 heteroatoms. The maximum atomic E-state index is 11.9. The molecule has 0 saturated carbocycles. The second-order valence-electron chi connectivity index (χ2n) is 3.63.